The Balaban J connectivity index is 2.16. The van der Waals surface area contributed by atoms with Gasteiger partial charge in [-0.05, 0) is 26.2 Å². The molecule has 0 aliphatic heterocycles. The Kier molecular flexibility index (Phi) is 7.44. The lowest BCUT2D eigenvalue weighted by molar-refractivity contribution is -0.158. The van der Waals surface area contributed by atoms with Crippen molar-refractivity contribution in [3.8, 4) is 0 Å². The van der Waals surface area contributed by atoms with Gasteiger partial charge >= 0.3 is 5.97 Å². The van der Waals surface area contributed by atoms with E-state index in [0.717, 1.165) is 38.5 Å². The fraction of sp³-hybridized carbons (Fsp3) is 0.938. The van der Waals surface area contributed by atoms with Crippen molar-refractivity contribution in [1.82, 2.24) is 0 Å². The van der Waals surface area contributed by atoms with Gasteiger partial charge in [0.15, 0.2) is 0 Å². The predicted molar refractivity (Wildman–Crippen MR) is 78.9 cm³/mol. The molecule has 0 radical (unpaired) electrons. The molecule has 19 heavy (non-hydrogen) atoms. The third kappa shape index (κ3) is 5.13. The molecule has 1 rings (SSSR count). The van der Waals surface area contributed by atoms with Crippen molar-refractivity contribution in [1.29, 1.82) is 0 Å². The second kappa shape index (κ2) is 8.57. The first-order valence-corrected chi connectivity index (χ1v) is 8.04. The summed E-state index contributed by atoms with van der Waals surface area (Å²) in [7, 11) is 0. The lowest BCUT2D eigenvalue weighted by Gasteiger charge is -2.36. The molecular formula is C16H31NO2. The van der Waals surface area contributed by atoms with Crippen LogP contribution in [0.3, 0.4) is 0 Å². The van der Waals surface area contributed by atoms with E-state index in [9.17, 15) is 4.79 Å². The number of esters is 1. The van der Waals surface area contributed by atoms with Crippen molar-refractivity contribution >= 4 is 5.97 Å². The highest BCUT2D eigenvalue weighted by molar-refractivity contribution is 5.77. The second-order valence-corrected chi connectivity index (χ2v) is 6.17. The first-order chi connectivity index (χ1) is 9.11. The Morgan fingerprint density at radius 2 is 1.89 bits per heavy atom. The standard InChI is InChI=1S/C16H31NO2/c1-3-4-5-6-7-10-13-19-15(18)16(2)12-9-8-11-14(16)17/h14H,3-13,17H2,1-2H3. The average molecular weight is 269 g/mol. The van der Waals surface area contributed by atoms with E-state index >= 15 is 0 Å². The van der Waals surface area contributed by atoms with Gasteiger partial charge < -0.3 is 10.5 Å². The zero-order valence-corrected chi connectivity index (χ0v) is 12.7. The van der Waals surface area contributed by atoms with Crippen LogP contribution < -0.4 is 5.73 Å². The number of hydrogen-bond acceptors (Lipinski definition) is 3. The van der Waals surface area contributed by atoms with Gasteiger partial charge in [-0.2, -0.15) is 0 Å². The molecule has 0 amide bonds. The highest BCUT2D eigenvalue weighted by atomic mass is 16.5. The molecule has 0 aromatic carbocycles. The molecule has 0 spiro atoms. The monoisotopic (exact) mass is 269 g/mol. The molecule has 1 aliphatic rings. The van der Waals surface area contributed by atoms with Gasteiger partial charge in [0.1, 0.15) is 0 Å². The molecule has 3 nitrogen and oxygen atoms in total. The molecule has 0 aromatic rings. The highest BCUT2D eigenvalue weighted by Crippen LogP contribution is 2.36. The molecule has 1 saturated carbocycles. The molecule has 0 heterocycles. The lowest BCUT2D eigenvalue weighted by atomic mass is 9.72. The summed E-state index contributed by atoms with van der Waals surface area (Å²) in [6, 6.07) is -0.0293. The molecule has 112 valence electrons. The van der Waals surface area contributed by atoms with Crippen molar-refractivity contribution in [2.45, 2.75) is 84.1 Å². The van der Waals surface area contributed by atoms with Gasteiger partial charge in [-0.25, -0.2) is 0 Å². The van der Waals surface area contributed by atoms with E-state index < -0.39 is 5.41 Å². The summed E-state index contributed by atoms with van der Waals surface area (Å²) >= 11 is 0. The second-order valence-electron chi connectivity index (χ2n) is 6.17. The topological polar surface area (TPSA) is 52.3 Å². The number of hydrogen-bond donors (Lipinski definition) is 1. The Hall–Kier alpha value is -0.570. The normalized spacial score (nSPS) is 27.2. The van der Waals surface area contributed by atoms with Crippen LogP contribution in [0.2, 0.25) is 0 Å². The third-order valence-electron chi connectivity index (χ3n) is 4.48. The van der Waals surface area contributed by atoms with E-state index in [4.69, 9.17) is 10.5 Å². The molecule has 0 bridgehead atoms. The number of carbonyl (C=O) groups is 1. The average Bonchev–Trinajstić information content (AvgIpc) is 2.41. The zero-order chi connectivity index (χ0) is 14.1. The molecule has 2 N–H and O–H groups in total. The minimum Gasteiger partial charge on any atom is -0.465 e. The summed E-state index contributed by atoms with van der Waals surface area (Å²) in [5.41, 5.74) is 5.65. The Morgan fingerprint density at radius 3 is 2.58 bits per heavy atom. The fourth-order valence-electron chi connectivity index (χ4n) is 2.83. The van der Waals surface area contributed by atoms with Crippen molar-refractivity contribution in [3.63, 3.8) is 0 Å². The largest absolute Gasteiger partial charge is 0.465 e. The Morgan fingerprint density at radius 1 is 1.21 bits per heavy atom. The SMILES string of the molecule is CCCCCCCCOC(=O)C1(C)CCCCC1N. The van der Waals surface area contributed by atoms with Crippen molar-refractivity contribution in [2.75, 3.05) is 6.61 Å². The van der Waals surface area contributed by atoms with E-state index in [2.05, 4.69) is 6.92 Å². The summed E-state index contributed by atoms with van der Waals surface area (Å²) in [4.78, 5) is 12.2. The Labute approximate surface area is 118 Å². The maximum Gasteiger partial charge on any atom is 0.313 e. The van der Waals surface area contributed by atoms with Crippen LogP contribution in [0.5, 0.6) is 0 Å². The van der Waals surface area contributed by atoms with Gasteiger partial charge in [0.25, 0.3) is 0 Å². The summed E-state index contributed by atoms with van der Waals surface area (Å²) in [6.07, 6.45) is 11.3. The van der Waals surface area contributed by atoms with Crippen molar-refractivity contribution in [3.05, 3.63) is 0 Å². The van der Waals surface area contributed by atoms with E-state index in [1.54, 1.807) is 0 Å². The fourth-order valence-corrected chi connectivity index (χ4v) is 2.83. The summed E-state index contributed by atoms with van der Waals surface area (Å²) in [6.45, 7) is 4.75. The highest BCUT2D eigenvalue weighted by Gasteiger charge is 2.42. The first-order valence-electron chi connectivity index (χ1n) is 8.04. The number of ether oxygens (including phenoxy) is 1. The van der Waals surface area contributed by atoms with Crippen LogP contribution in [-0.4, -0.2) is 18.6 Å². The molecule has 0 saturated heterocycles. The smallest absolute Gasteiger partial charge is 0.313 e. The van der Waals surface area contributed by atoms with Crippen molar-refractivity contribution in [2.24, 2.45) is 11.1 Å². The van der Waals surface area contributed by atoms with Crippen LogP contribution in [-0.2, 0) is 9.53 Å². The van der Waals surface area contributed by atoms with Crippen LogP contribution in [0, 0.1) is 5.41 Å². The Bertz CT molecular complexity index is 267. The molecule has 1 aliphatic carbocycles. The van der Waals surface area contributed by atoms with E-state index in [1.165, 1.54) is 25.7 Å². The summed E-state index contributed by atoms with van der Waals surface area (Å²) in [5.74, 6) is -0.0757. The van der Waals surface area contributed by atoms with Crippen LogP contribution >= 0.6 is 0 Å². The van der Waals surface area contributed by atoms with E-state index in [1.807, 2.05) is 6.92 Å². The van der Waals surface area contributed by atoms with E-state index in [-0.39, 0.29) is 12.0 Å². The van der Waals surface area contributed by atoms with E-state index in [0.29, 0.717) is 6.61 Å². The van der Waals surface area contributed by atoms with Gasteiger partial charge in [0.2, 0.25) is 0 Å². The predicted octanol–water partition coefficient (Wildman–Crippen LogP) is 3.80. The number of carbonyl (C=O) groups excluding carboxylic acids is 1. The van der Waals surface area contributed by atoms with Crippen LogP contribution in [0.1, 0.15) is 78.1 Å². The molecule has 2 unspecified atom stereocenters. The van der Waals surface area contributed by atoms with Crippen LogP contribution in [0.15, 0.2) is 0 Å². The van der Waals surface area contributed by atoms with Crippen LogP contribution in [0.25, 0.3) is 0 Å². The zero-order valence-electron chi connectivity index (χ0n) is 12.7. The lowest BCUT2D eigenvalue weighted by Crippen LogP contribution is -2.48. The van der Waals surface area contributed by atoms with Gasteiger partial charge in [0.05, 0.1) is 12.0 Å². The van der Waals surface area contributed by atoms with Crippen molar-refractivity contribution < 1.29 is 9.53 Å². The number of rotatable bonds is 8. The molecular weight excluding hydrogens is 238 g/mol. The van der Waals surface area contributed by atoms with Gasteiger partial charge in [0, 0.05) is 6.04 Å². The quantitative estimate of drug-likeness (QED) is 0.538. The first kappa shape index (κ1) is 16.5. The van der Waals surface area contributed by atoms with Gasteiger partial charge in [-0.3, -0.25) is 4.79 Å². The number of nitrogens with two attached hydrogens (primary N) is 1. The maximum atomic E-state index is 12.2. The van der Waals surface area contributed by atoms with Gasteiger partial charge in [-0.15, -0.1) is 0 Å². The third-order valence-corrected chi connectivity index (χ3v) is 4.48. The minimum atomic E-state index is -0.444. The molecule has 3 heteroatoms. The maximum absolute atomic E-state index is 12.2. The summed E-state index contributed by atoms with van der Waals surface area (Å²) < 4.78 is 5.44. The van der Waals surface area contributed by atoms with Gasteiger partial charge in [-0.1, -0.05) is 51.9 Å². The molecule has 0 aromatic heterocycles. The van der Waals surface area contributed by atoms with Crippen LogP contribution in [0.4, 0.5) is 0 Å². The summed E-state index contributed by atoms with van der Waals surface area (Å²) in [5, 5.41) is 0. The molecule has 1 fully saturated rings. The molecule has 2 atom stereocenters. The number of unbranched alkanes of at least 4 members (excludes halogenated alkanes) is 5. The minimum absolute atomic E-state index is 0.0293.